The van der Waals surface area contributed by atoms with Gasteiger partial charge in [-0.1, -0.05) is 264 Å². The second-order valence-corrected chi connectivity index (χ2v) is 32.3. The van der Waals surface area contributed by atoms with E-state index >= 15 is 0 Å². The average Bonchev–Trinajstić information content (AvgIpc) is 1.78. The lowest BCUT2D eigenvalue weighted by molar-refractivity contribution is 0.195. The molecule has 3 nitrogen and oxygen atoms in total. The Labute approximate surface area is 508 Å². The Morgan fingerprint density at radius 1 is 0.376 bits per heavy atom. The van der Waals surface area contributed by atoms with Crippen molar-refractivity contribution >= 4 is 97.4 Å². The van der Waals surface area contributed by atoms with Gasteiger partial charge in [-0.25, -0.2) is 0 Å². The smallest absolute Gasteiger partial charge is 0.252 e. The number of hydrogen-bond donors (Lipinski definition) is 0. The topological polar surface area (TPSA) is 9.72 Å². The lowest BCUT2D eigenvalue weighted by Crippen LogP contribution is -2.74. The number of rotatable bonds is 8. The molecule has 0 bridgehead atoms. The van der Waals surface area contributed by atoms with E-state index in [4.69, 9.17) is 0 Å². The summed E-state index contributed by atoms with van der Waals surface area (Å²) in [5, 5.41) is 5.63. The van der Waals surface area contributed by atoms with E-state index in [9.17, 15) is 0 Å². The highest BCUT2D eigenvalue weighted by molar-refractivity contribution is 7.20. The predicted octanol–water partition coefficient (Wildman–Crippen LogP) is 16.4. The van der Waals surface area contributed by atoms with Crippen molar-refractivity contribution in [1.29, 1.82) is 0 Å². The summed E-state index contributed by atoms with van der Waals surface area (Å²) in [6, 6.07) is 92.2. The van der Waals surface area contributed by atoms with Gasteiger partial charge in [0.25, 0.3) is 6.71 Å². The molecule has 0 N–H and O–H groups in total. The second-order valence-electron chi connectivity index (χ2n) is 28.5. The molecule has 10 aromatic rings. The molecule has 85 heavy (non-hydrogen) atoms. The maximum atomic E-state index is 2.85. The molecule has 1 aliphatic carbocycles. The lowest BCUT2D eigenvalue weighted by atomic mass is 9.33. The number of benzene rings is 10. The summed E-state index contributed by atoms with van der Waals surface area (Å²) in [5.41, 5.74) is 21.2. The van der Waals surface area contributed by atoms with Crippen molar-refractivity contribution in [3.63, 3.8) is 0 Å². The van der Waals surface area contributed by atoms with Gasteiger partial charge in [-0.3, -0.25) is 0 Å². The van der Waals surface area contributed by atoms with Gasteiger partial charge in [0.15, 0.2) is 8.07 Å². The molecule has 3 aliphatic heterocycles. The van der Waals surface area contributed by atoms with E-state index in [2.05, 4.69) is 327 Å². The van der Waals surface area contributed by atoms with Crippen LogP contribution in [0.5, 0.6) is 0 Å². The Bertz CT molecular complexity index is 4080. The molecule has 4 aliphatic rings. The van der Waals surface area contributed by atoms with Crippen molar-refractivity contribution in [3.8, 4) is 11.1 Å². The van der Waals surface area contributed by atoms with Gasteiger partial charge in [0.1, 0.15) is 0 Å². The average molecular weight is 1120 g/mol. The highest BCUT2D eigenvalue weighted by Crippen LogP contribution is 2.62. The summed E-state index contributed by atoms with van der Waals surface area (Å²) >= 11 is 0. The third-order valence-electron chi connectivity index (χ3n) is 20.4. The van der Waals surface area contributed by atoms with Crippen LogP contribution in [0.15, 0.2) is 237 Å². The van der Waals surface area contributed by atoms with E-state index in [1.807, 2.05) is 0 Å². The molecule has 0 spiro atoms. The molecule has 5 heteroatoms. The Kier molecular flexibility index (Phi) is 12.9. The summed E-state index contributed by atoms with van der Waals surface area (Å²) in [7, 11) is -2.87. The van der Waals surface area contributed by atoms with Crippen molar-refractivity contribution in [2.45, 2.75) is 129 Å². The van der Waals surface area contributed by atoms with Gasteiger partial charge in [0, 0.05) is 50.8 Å². The van der Waals surface area contributed by atoms with Crippen LogP contribution in [-0.2, 0) is 21.7 Å². The Morgan fingerprint density at radius 2 is 0.859 bits per heavy atom. The predicted molar refractivity (Wildman–Crippen MR) is 368 cm³/mol. The lowest BCUT2D eigenvalue weighted by Gasteiger charge is -2.51. The van der Waals surface area contributed by atoms with Gasteiger partial charge in [0.2, 0.25) is 0 Å². The zero-order chi connectivity index (χ0) is 58.8. The molecule has 14 rings (SSSR count). The molecule has 0 amide bonds. The third-order valence-corrected chi connectivity index (χ3v) is 25.2. The van der Waals surface area contributed by atoms with E-state index in [1.54, 1.807) is 0 Å². The van der Waals surface area contributed by atoms with Crippen molar-refractivity contribution in [2.24, 2.45) is 0 Å². The van der Waals surface area contributed by atoms with Crippen LogP contribution in [0.2, 0.25) is 0 Å². The zero-order valence-corrected chi connectivity index (χ0v) is 52.8. The Hall–Kier alpha value is -8.12. The molecule has 1 fully saturated rings. The van der Waals surface area contributed by atoms with Crippen LogP contribution in [0.3, 0.4) is 0 Å². The second kappa shape index (κ2) is 20.0. The van der Waals surface area contributed by atoms with E-state index in [0.29, 0.717) is 0 Å². The number of para-hydroxylation sites is 1. The summed E-state index contributed by atoms with van der Waals surface area (Å²) in [6.07, 6.45) is 4.57. The first-order valence-electron chi connectivity index (χ1n) is 31.2. The van der Waals surface area contributed by atoms with Crippen LogP contribution in [0.25, 0.3) is 11.1 Å². The minimum atomic E-state index is -2.87. The normalized spacial score (nSPS) is 18.1. The summed E-state index contributed by atoms with van der Waals surface area (Å²) in [5.74, 6) is 0. The fourth-order valence-electron chi connectivity index (χ4n) is 15.7. The molecular formula is C80H80BN3Si. The summed E-state index contributed by atoms with van der Waals surface area (Å²) in [6.45, 7) is 26.3. The summed E-state index contributed by atoms with van der Waals surface area (Å²) in [4.78, 5) is 8.17. The van der Waals surface area contributed by atoms with Crippen molar-refractivity contribution in [3.05, 3.63) is 259 Å². The van der Waals surface area contributed by atoms with Gasteiger partial charge in [-0.15, -0.1) is 0 Å². The Balaban J connectivity index is 1.09. The highest BCUT2D eigenvalue weighted by atomic mass is 28.3. The van der Waals surface area contributed by atoms with Crippen molar-refractivity contribution < 1.29 is 0 Å². The molecule has 0 radical (unpaired) electrons. The van der Waals surface area contributed by atoms with Crippen molar-refractivity contribution in [2.75, 3.05) is 14.7 Å². The standard InChI is InChI=1S/C80H80BN3Si/c1-76(2,3)56-38-42-59(43-39-56)82-72-46-41-58(78(7,8)9)51-68(72)81-67-36-24-25-37-71(67)83(69-45-40-57(77(4,5)6)50-65(69)55-28-16-12-17-29-55)74-53-60(52-73(82)75(74)81)84-70-47-44-64(54-66(70)79(10)48-26-27-49-80(79,84)11)85(61-30-18-13-19-31-61,62-32-20-14-21-33-62)63-34-22-15-23-35-63/h12-25,28-47,50-54H,26-27,48-49H2,1-11H3. The first-order chi connectivity index (χ1) is 40.8. The Morgan fingerprint density at radius 3 is 1.45 bits per heavy atom. The molecule has 10 aromatic carbocycles. The first-order valence-corrected chi connectivity index (χ1v) is 33.2. The van der Waals surface area contributed by atoms with Crippen molar-refractivity contribution in [1.82, 2.24) is 0 Å². The van der Waals surface area contributed by atoms with Gasteiger partial charge in [-0.05, 0) is 156 Å². The zero-order valence-electron chi connectivity index (χ0n) is 51.8. The fourth-order valence-corrected chi connectivity index (χ4v) is 20.4. The SMILES string of the molecule is CC(C)(C)c1ccc(N2c3ccc(C(C)(C)C)cc3B3c4ccccc4N(c4ccc(C(C)(C)C)cc4-c4ccccc4)c4cc(N5c6ccc([Si](c7ccccc7)(c7ccccc7)c7ccccc7)cc6C6(C)CCCCC56C)cc2c43)cc1. The molecule has 0 aromatic heterocycles. The fraction of sp³-hybridized carbons (Fsp3) is 0.250. The molecule has 1 saturated carbocycles. The van der Waals surface area contributed by atoms with Gasteiger partial charge in [0.05, 0.1) is 11.2 Å². The first kappa shape index (κ1) is 54.8. The quantitative estimate of drug-likeness (QED) is 0.111. The maximum Gasteiger partial charge on any atom is 0.252 e. The molecule has 2 unspecified atom stereocenters. The molecule has 2 atom stereocenters. The molecule has 3 heterocycles. The number of hydrogen-bond acceptors (Lipinski definition) is 3. The number of nitrogens with zero attached hydrogens (tertiary/aromatic N) is 3. The third kappa shape index (κ3) is 8.57. The molecule has 0 saturated heterocycles. The minimum Gasteiger partial charge on any atom is -0.334 e. The van der Waals surface area contributed by atoms with Gasteiger partial charge in [-0.2, -0.15) is 0 Å². The minimum absolute atomic E-state index is 0.00384. The monoisotopic (exact) mass is 1120 g/mol. The van der Waals surface area contributed by atoms with E-state index in [1.165, 1.54) is 129 Å². The van der Waals surface area contributed by atoms with Crippen LogP contribution < -0.4 is 51.8 Å². The van der Waals surface area contributed by atoms with Crippen LogP contribution in [0, 0.1) is 0 Å². The largest absolute Gasteiger partial charge is 0.334 e. The van der Waals surface area contributed by atoms with Gasteiger partial charge < -0.3 is 14.7 Å². The van der Waals surface area contributed by atoms with Gasteiger partial charge >= 0.3 is 0 Å². The van der Waals surface area contributed by atoms with Crippen LogP contribution in [0.4, 0.5) is 45.5 Å². The van der Waals surface area contributed by atoms with E-state index in [0.717, 1.165) is 12.8 Å². The number of fused-ring (bicyclic) bond motifs is 7. The van der Waals surface area contributed by atoms with Crippen LogP contribution in [-0.4, -0.2) is 20.3 Å². The van der Waals surface area contributed by atoms with Crippen LogP contribution >= 0.6 is 0 Å². The van der Waals surface area contributed by atoms with Crippen LogP contribution in [0.1, 0.15) is 124 Å². The maximum absolute atomic E-state index is 2.87. The molecule has 422 valence electrons. The van der Waals surface area contributed by atoms with E-state index < -0.39 is 8.07 Å². The van der Waals surface area contributed by atoms with E-state index in [-0.39, 0.29) is 33.9 Å². The summed E-state index contributed by atoms with van der Waals surface area (Å²) < 4.78 is 0. The highest BCUT2D eigenvalue weighted by Gasteiger charge is 2.59. The molecular weight excluding hydrogens is 1040 g/mol. The number of anilines is 8.